The van der Waals surface area contributed by atoms with Crippen LogP contribution in [0.25, 0.3) is 10.9 Å². The molecule has 1 saturated heterocycles. The lowest BCUT2D eigenvalue weighted by atomic mass is 10.1. The monoisotopic (exact) mass is 527 g/mol. The van der Waals surface area contributed by atoms with E-state index in [1.54, 1.807) is 30.1 Å². The van der Waals surface area contributed by atoms with Gasteiger partial charge in [0.05, 0.1) is 29.4 Å². The number of rotatable bonds is 7. The van der Waals surface area contributed by atoms with Crippen LogP contribution in [-0.4, -0.2) is 66.3 Å². The lowest BCUT2D eigenvalue weighted by Crippen LogP contribution is -2.44. The molecule has 0 bridgehead atoms. The average Bonchev–Trinajstić information content (AvgIpc) is 3.19. The van der Waals surface area contributed by atoms with Crippen LogP contribution in [-0.2, 0) is 4.79 Å². The summed E-state index contributed by atoms with van der Waals surface area (Å²) in [6.45, 7) is -1.10. The van der Waals surface area contributed by atoms with Crippen molar-refractivity contribution in [2.24, 2.45) is 0 Å². The molecule has 0 radical (unpaired) electrons. The van der Waals surface area contributed by atoms with Crippen LogP contribution in [0.1, 0.15) is 6.42 Å². The molecule has 0 saturated carbocycles. The van der Waals surface area contributed by atoms with E-state index in [4.69, 9.17) is 21.1 Å². The number of amides is 1. The van der Waals surface area contributed by atoms with Crippen LogP contribution < -0.4 is 20.1 Å². The molecule has 2 heterocycles. The van der Waals surface area contributed by atoms with Crippen LogP contribution in [0.3, 0.4) is 0 Å². The normalized spacial score (nSPS) is 18.3. The van der Waals surface area contributed by atoms with E-state index in [-0.39, 0.29) is 17.1 Å². The van der Waals surface area contributed by atoms with Crippen molar-refractivity contribution in [1.29, 1.82) is 0 Å². The molecule has 2 N–H and O–H groups in total. The minimum atomic E-state index is -4.50. The number of fused-ring (bicyclic) bond motifs is 1. The molecule has 192 valence electrons. The van der Waals surface area contributed by atoms with Crippen molar-refractivity contribution in [1.82, 2.24) is 20.2 Å². The third-order valence-corrected chi connectivity index (χ3v) is 5.99. The van der Waals surface area contributed by atoms with Crippen LogP contribution in [0, 0.1) is 5.82 Å². The number of hydrogen-bond acceptors (Lipinski definition) is 7. The second kappa shape index (κ2) is 10.3. The molecule has 4 rings (SSSR count). The van der Waals surface area contributed by atoms with Gasteiger partial charge in [-0.25, -0.2) is 14.4 Å². The van der Waals surface area contributed by atoms with E-state index in [0.717, 1.165) is 0 Å². The maximum atomic E-state index is 14.4. The highest BCUT2D eigenvalue weighted by Gasteiger charge is 2.38. The summed E-state index contributed by atoms with van der Waals surface area (Å²) in [7, 11) is 3.08. The number of likely N-dealkylation sites (N-methyl/N-ethyl adjacent to an activating group) is 1. The Balaban J connectivity index is 1.57. The molecule has 1 aliphatic heterocycles. The Kier molecular flexibility index (Phi) is 7.36. The molecule has 36 heavy (non-hydrogen) atoms. The van der Waals surface area contributed by atoms with Crippen molar-refractivity contribution >= 4 is 39.9 Å². The second-order valence-corrected chi connectivity index (χ2v) is 8.64. The minimum absolute atomic E-state index is 0.0526. The zero-order chi connectivity index (χ0) is 26.0. The minimum Gasteiger partial charge on any atom is -0.493 e. The van der Waals surface area contributed by atoms with Crippen molar-refractivity contribution in [3.8, 4) is 11.5 Å². The highest BCUT2D eigenvalue weighted by Crippen LogP contribution is 2.37. The largest absolute Gasteiger partial charge is 0.493 e. The van der Waals surface area contributed by atoms with Gasteiger partial charge in [-0.15, -0.1) is 0 Å². The van der Waals surface area contributed by atoms with E-state index in [9.17, 15) is 22.4 Å². The van der Waals surface area contributed by atoms with Crippen LogP contribution >= 0.6 is 11.6 Å². The number of ether oxygens (including phenoxy) is 2. The SMILES string of the molecule is COc1cc2ncnc(Nc3cccc(Cl)c3F)c2cc1O[C@H]1C[C@H](C(=O)NCC(F)(F)F)N(C)C1. The second-order valence-electron chi connectivity index (χ2n) is 8.23. The molecule has 1 aliphatic rings. The van der Waals surface area contributed by atoms with Crippen LogP contribution in [0.5, 0.6) is 11.5 Å². The molecular formula is C23H22ClF4N5O3. The molecule has 2 atom stereocenters. The van der Waals surface area contributed by atoms with Gasteiger partial charge in [0.2, 0.25) is 5.91 Å². The standard InChI is InChI=1S/C23H22ClF4N5O3/c1-33-9-12(6-17(33)22(34)29-10-23(26,27)28)36-19-7-13-16(8-18(19)35-2)30-11-31-21(13)32-15-5-3-4-14(24)20(15)25/h3-5,7-8,11-12,17H,6,9-10H2,1-2H3,(H,29,34)(H,30,31,32)/t12-,17+/m0/s1. The van der Waals surface area contributed by atoms with E-state index in [2.05, 4.69) is 15.3 Å². The van der Waals surface area contributed by atoms with Crippen LogP contribution in [0.4, 0.5) is 29.1 Å². The number of hydrogen-bond donors (Lipinski definition) is 2. The summed E-state index contributed by atoms with van der Waals surface area (Å²) in [5, 5.41) is 5.27. The first-order valence-corrected chi connectivity index (χ1v) is 11.2. The van der Waals surface area contributed by atoms with E-state index in [0.29, 0.717) is 34.8 Å². The Morgan fingerprint density at radius 1 is 1.25 bits per heavy atom. The molecule has 2 aromatic carbocycles. The van der Waals surface area contributed by atoms with Crippen molar-refractivity contribution < 1.29 is 31.8 Å². The zero-order valence-corrected chi connectivity index (χ0v) is 20.0. The van der Waals surface area contributed by atoms with Gasteiger partial charge >= 0.3 is 6.18 Å². The maximum Gasteiger partial charge on any atom is 0.405 e. The fourth-order valence-electron chi connectivity index (χ4n) is 3.97. The molecule has 1 fully saturated rings. The number of likely N-dealkylation sites (tertiary alicyclic amines) is 1. The van der Waals surface area contributed by atoms with Crippen LogP contribution in [0.2, 0.25) is 5.02 Å². The summed E-state index contributed by atoms with van der Waals surface area (Å²) in [5.41, 5.74) is 0.609. The van der Waals surface area contributed by atoms with Gasteiger partial charge in [0.25, 0.3) is 0 Å². The van der Waals surface area contributed by atoms with Crippen molar-refractivity contribution in [3.63, 3.8) is 0 Å². The Bertz CT molecular complexity index is 1280. The lowest BCUT2D eigenvalue weighted by molar-refractivity contribution is -0.140. The molecular weight excluding hydrogens is 506 g/mol. The third kappa shape index (κ3) is 5.71. The van der Waals surface area contributed by atoms with Gasteiger partial charge in [0.15, 0.2) is 17.3 Å². The van der Waals surface area contributed by atoms with E-state index in [1.165, 1.54) is 25.6 Å². The fraction of sp³-hybridized carbons (Fsp3) is 0.348. The first kappa shape index (κ1) is 25.7. The summed E-state index contributed by atoms with van der Waals surface area (Å²) in [6, 6.07) is 6.98. The fourth-order valence-corrected chi connectivity index (χ4v) is 4.15. The number of carbonyl (C=O) groups excluding carboxylic acids is 1. The number of alkyl halides is 3. The molecule has 13 heteroatoms. The summed E-state index contributed by atoms with van der Waals surface area (Å²) in [5.74, 6) is -0.408. The van der Waals surface area contributed by atoms with Gasteiger partial charge in [0, 0.05) is 24.4 Å². The lowest BCUT2D eigenvalue weighted by Gasteiger charge is -2.18. The predicted molar refractivity (Wildman–Crippen MR) is 125 cm³/mol. The first-order chi connectivity index (χ1) is 17.1. The van der Waals surface area contributed by atoms with Crippen LogP contribution in [0.15, 0.2) is 36.7 Å². The third-order valence-electron chi connectivity index (χ3n) is 5.69. The number of aromatic nitrogens is 2. The topological polar surface area (TPSA) is 88.6 Å². The van der Waals surface area contributed by atoms with Crippen molar-refractivity contribution in [2.45, 2.75) is 24.7 Å². The number of methoxy groups -OCH3 is 1. The van der Waals surface area contributed by atoms with Gasteiger partial charge in [-0.2, -0.15) is 13.2 Å². The van der Waals surface area contributed by atoms with Gasteiger partial charge in [-0.05, 0) is 25.2 Å². The van der Waals surface area contributed by atoms with Crippen molar-refractivity contribution in [2.75, 3.05) is 32.6 Å². The first-order valence-electron chi connectivity index (χ1n) is 10.8. The highest BCUT2D eigenvalue weighted by atomic mass is 35.5. The molecule has 3 aromatic rings. The summed E-state index contributed by atoms with van der Waals surface area (Å²) >= 11 is 5.87. The average molecular weight is 528 g/mol. The number of carbonyl (C=O) groups is 1. The predicted octanol–water partition coefficient (Wildman–Crippen LogP) is 4.30. The number of halogens is 5. The summed E-state index contributed by atoms with van der Waals surface area (Å²) < 4.78 is 63.4. The molecule has 8 nitrogen and oxygen atoms in total. The van der Waals surface area contributed by atoms with Gasteiger partial charge in [-0.3, -0.25) is 9.69 Å². The molecule has 0 unspecified atom stereocenters. The zero-order valence-electron chi connectivity index (χ0n) is 19.2. The Morgan fingerprint density at radius 3 is 2.75 bits per heavy atom. The number of benzene rings is 2. The van der Waals surface area contributed by atoms with Gasteiger partial charge in [-0.1, -0.05) is 17.7 Å². The number of nitrogens with one attached hydrogen (secondary N) is 2. The number of anilines is 2. The van der Waals surface area contributed by atoms with Gasteiger partial charge in [0.1, 0.15) is 24.8 Å². The van der Waals surface area contributed by atoms with Crippen molar-refractivity contribution in [3.05, 3.63) is 47.5 Å². The van der Waals surface area contributed by atoms with E-state index in [1.807, 2.05) is 5.32 Å². The Morgan fingerprint density at radius 2 is 2.03 bits per heavy atom. The smallest absolute Gasteiger partial charge is 0.405 e. The van der Waals surface area contributed by atoms with E-state index >= 15 is 0 Å². The van der Waals surface area contributed by atoms with Gasteiger partial charge < -0.3 is 20.1 Å². The Hall–Kier alpha value is -3.38. The highest BCUT2D eigenvalue weighted by molar-refractivity contribution is 6.31. The summed E-state index contributed by atoms with van der Waals surface area (Å²) in [4.78, 5) is 22.3. The summed E-state index contributed by atoms with van der Waals surface area (Å²) in [6.07, 6.45) is -3.52. The molecule has 0 aliphatic carbocycles. The molecule has 0 spiro atoms. The maximum absolute atomic E-state index is 14.4. The Labute approximate surface area is 208 Å². The quantitative estimate of drug-likeness (QED) is 0.443. The molecule has 1 amide bonds. The molecule has 1 aromatic heterocycles. The number of nitrogens with zero attached hydrogens (tertiary/aromatic N) is 3. The van der Waals surface area contributed by atoms with E-state index < -0.39 is 36.6 Å².